The molecule has 7 heteroatoms. The molecule has 2 saturated heterocycles. The topological polar surface area (TPSA) is 38.5 Å². The molecular weight excluding hydrogens is 273 g/mol. The largest absolute Gasteiger partial charge is 0.375 e. The van der Waals surface area contributed by atoms with Gasteiger partial charge in [-0.05, 0) is 19.3 Å². The molecule has 0 aliphatic carbocycles. The molecule has 2 heterocycles. The standard InChI is InChI=1S/C10H18F2N2O.2ClH/c11-10(12)7-15-6-3-9(10)14-4-1-8(13)2-5-14;;/h8-9H,1-7,13H2;2*1H. The van der Waals surface area contributed by atoms with Crippen LogP contribution >= 0.6 is 24.8 Å². The molecule has 0 saturated carbocycles. The van der Waals surface area contributed by atoms with Gasteiger partial charge in [-0.1, -0.05) is 0 Å². The molecule has 0 aromatic rings. The molecule has 0 amide bonds. The summed E-state index contributed by atoms with van der Waals surface area (Å²) >= 11 is 0. The van der Waals surface area contributed by atoms with Crippen molar-refractivity contribution in [1.29, 1.82) is 0 Å². The number of rotatable bonds is 1. The second-order valence-electron chi connectivity index (χ2n) is 4.49. The van der Waals surface area contributed by atoms with E-state index < -0.39 is 18.6 Å². The minimum Gasteiger partial charge on any atom is -0.375 e. The second kappa shape index (κ2) is 7.04. The van der Waals surface area contributed by atoms with Crippen LogP contribution in [0.3, 0.4) is 0 Å². The number of piperidine rings is 1. The van der Waals surface area contributed by atoms with Gasteiger partial charge in [-0.3, -0.25) is 4.90 Å². The Bertz CT molecular complexity index is 226. The number of likely N-dealkylation sites (tertiary alicyclic amines) is 1. The SMILES string of the molecule is Cl.Cl.NC1CCN(C2CCOCC2(F)F)CC1. The number of alkyl halides is 2. The van der Waals surface area contributed by atoms with Crippen molar-refractivity contribution in [3.63, 3.8) is 0 Å². The number of hydrogen-bond donors (Lipinski definition) is 1. The minimum atomic E-state index is -2.69. The van der Waals surface area contributed by atoms with Crippen molar-refractivity contribution in [2.45, 2.75) is 37.3 Å². The molecule has 0 spiro atoms. The van der Waals surface area contributed by atoms with Crippen LogP contribution in [0.15, 0.2) is 0 Å². The Morgan fingerprint density at radius 3 is 2.24 bits per heavy atom. The number of nitrogens with two attached hydrogens (primary N) is 1. The van der Waals surface area contributed by atoms with Crippen LogP contribution in [0.1, 0.15) is 19.3 Å². The Labute approximate surface area is 113 Å². The van der Waals surface area contributed by atoms with E-state index in [9.17, 15) is 8.78 Å². The summed E-state index contributed by atoms with van der Waals surface area (Å²) in [7, 11) is 0. The van der Waals surface area contributed by atoms with E-state index in [1.54, 1.807) is 0 Å². The minimum absolute atomic E-state index is 0. The number of halogens is 4. The van der Waals surface area contributed by atoms with Gasteiger partial charge >= 0.3 is 0 Å². The lowest BCUT2D eigenvalue weighted by Gasteiger charge is -2.42. The maximum Gasteiger partial charge on any atom is 0.286 e. The third-order valence-corrected chi connectivity index (χ3v) is 3.33. The van der Waals surface area contributed by atoms with E-state index in [1.165, 1.54) is 0 Å². The molecular formula is C10H20Cl2F2N2O. The first-order valence-corrected chi connectivity index (χ1v) is 5.55. The zero-order valence-corrected chi connectivity index (χ0v) is 11.2. The smallest absolute Gasteiger partial charge is 0.286 e. The van der Waals surface area contributed by atoms with Crippen molar-refractivity contribution in [3.8, 4) is 0 Å². The number of hydrogen-bond acceptors (Lipinski definition) is 3. The lowest BCUT2D eigenvalue weighted by molar-refractivity contribution is -0.167. The van der Waals surface area contributed by atoms with Crippen molar-refractivity contribution in [2.24, 2.45) is 5.73 Å². The first-order valence-electron chi connectivity index (χ1n) is 5.55. The Balaban J connectivity index is 0.00000128. The van der Waals surface area contributed by atoms with Gasteiger partial charge in [-0.25, -0.2) is 8.78 Å². The van der Waals surface area contributed by atoms with Crippen LogP contribution in [0, 0.1) is 0 Å². The van der Waals surface area contributed by atoms with Gasteiger partial charge in [-0.2, -0.15) is 0 Å². The third kappa shape index (κ3) is 4.17. The predicted octanol–water partition coefficient (Wildman–Crippen LogP) is 1.68. The van der Waals surface area contributed by atoms with Crippen molar-refractivity contribution in [1.82, 2.24) is 4.90 Å². The molecule has 2 fully saturated rings. The van der Waals surface area contributed by atoms with Crippen LogP contribution in [0.2, 0.25) is 0 Å². The number of ether oxygens (including phenoxy) is 1. The predicted molar refractivity (Wildman–Crippen MR) is 67.4 cm³/mol. The monoisotopic (exact) mass is 292 g/mol. The Kier molecular flexibility index (Phi) is 7.18. The summed E-state index contributed by atoms with van der Waals surface area (Å²) < 4.78 is 31.9. The third-order valence-electron chi connectivity index (χ3n) is 3.33. The van der Waals surface area contributed by atoms with Gasteiger partial charge in [0.05, 0.1) is 6.04 Å². The summed E-state index contributed by atoms with van der Waals surface area (Å²) in [6.07, 6.45) is 2.09. The van der Waals surface area contributed by atoms with E-state index in [4.69, 9.17) is 10.5 Å². The van der Waals surface area contributed by atoms with Crippen molar-refractivity contribution >= 4 is 24.8 Å². The highest BCUT2D eigenvalue weighted by Crippen LogP contribution is 2.31. The molecule has 0 radical (unpaired) electrons. The van der Waals surface area contributed by atoms with Gasteiger partial charge in [-0.15, -0.1) is 24.8 Å². The van der Waals surface area contributed by atoms with Crippen LogP contribution in [0.25, 0.3) is 0 Å². The fourth-order valence-corrected chi connectivity index (χ4v) is 2.39. The van der Waals surface area contributed by atoms with Crippen LogP contribution in [-0.4, -0.2) is 49.2 Å². The molecule has 2 aliphatic heterocycles. The molecule has 2 aliphatic rings. The normalized spacial score (nSPS) is 30.2. The highest BCUT2D eigenvalue weighted by molar-refractivity contribution is 5.85. The highest BCUT2D eigenvalue weighted by atomic mass is 35.5. The van der Waals surface area contributed by atoms with Crippen LogP contribution < -0.4 is 5.73 Å². The Hall–Kier alpha value is 0.320. The van der Waals surface area contributed by atoms with Crippen molar-refractivity contribution < 1.29 is 13.5 Å². The summed E-state index contributed by atoms with van der Waals surface area (Å²) in [5.41, 5.74) is 5.76. The summed E-state index contributed by atoms with van der Waals surface area (Å²) in [6.45, 7) is 1.41. The highest BCUT2D eigenvalue weighted by Gasteiger charge is 2.46. The lowest BCUT2D eigenvalue weighted by Crippen LogP contribution is -2.56. The maximum absolute atomic E-state index is 13.6. The Morgan fingerprint density at radius 2 is 1.71 bits per heavy atom. The van der Waals surface area contributed by atoms with E-state index in [2.05, 4.69) is 0 Å². The van der Waals surface area contributed by atoms with Gasteiger partial charge in [0.15, 0.2) is 0 Å². The molecule has 0 aromatic carbocycles. The summed E-state index contributed by atoms with van der Waals surface area (Å²) in [5, 5.41) is 0. The van der Waals surface area contributed by atoms with Crippen LogP contribution in [0.4, 0.5) is 8.78 Å². The lowest BCUT2D eigenvalue weighted by atomic mass is 9.98. The molecule has 1 atom stereocenters. The van der Waals surface area contributed by atoms with Crippen LogP contribution in [-0.2, 0) is 4.74 Å². The summed E-state index contributed by atoms with van der Waals surface area (Å²) in [6, 6.07) is -0.450. The molecule has 104 valence electrons. The summed E-state index contributed by atoms with van der Waals surface area (Å²) in [4.78, 5) is 1.88. The van der Waals surface area contributed by atoms with Gasteiger partial charge in [0.2, 0.25) is 0 Å². The molecule has 1 unspecified atom stereocenters. The second-order valence-corrected chi connectivity index (χ2v) is 4.49. The van der Waals surface area contributed by atoms with E-state index >= 15 is 0 Å². The molecule has 0 aromatic heterocycles. The fourth-order valence-electron chi connectivity index (χ4n) is 2.39. The fraction of sp³-hybridized carbons (Fsp3) is 1.00. The quantitative estimate of drug-likeness (QED) is 0.799. The van der Waals surface area contributed by atoms with E-state index in [1.807, 2.05) is 4.90 Å². The maximum atomic E-state index is 13.6. The average molecular weight is 293 g/mol. The molecule has 2 rings (SSSR count). The molecule has 2 N–H and O–H groups in total. The van der Waals surface area contributed by atoms with Crippen molar-refractivity contribution in [2.75, 3.05) is 26.3 Å². The van der Waals surface area contributed by atoms with E-state index in [0.29, 0.717) is 26.1 Å². The van der Waals surface area contributed by atoms with Crippen molar-refractivity contribution in [3.05, 3.63) is 0 Å². The van der Waals surface area contributed by atoms with E-state index in [-0.39, 0.29) is 30.9 Å². The average Bonchev–Trinajstić information content (AvgIpc) is 2.19. The van der Waals surface area contributed by atoms with Gasteiger partial charge in [0.25, 0.3) is 5.92 Å². The van der Waals surface area contributed by atoms with E-state index in [0.717, 1.165) is 12.8 Å². The first-order chi connectivity index (χ1) is 7.09. The molecule has 0 bridgehead atoms. The van der Waals surface area contributed by atoms with Crippen LogP contribution in [0.5, 0.6) is 0 Å². The molecule has 17 heavy (non-hydrogen) atoms. The molecule has 3 nitrogen and oxygen atoms in total. The zero-order valence-electron chi connectivity index (χ0n) is 9.61. The Morgan fingerprint density at radius 1 is 1.12 bits per heavy atom. The zero-order chi connectivity index (χ0) is 10.9. The first kappa shape index (κ1) is 17.3. The number of nitrogens with zero attached hydrogens (tertiary/aromatic N) is 1. The van der Waals surface area contributed by atoms with Gasteiger partial charge in [0.1, 0.15) is 6.61 Å². The van der Waals surface area contributed by atoms with Gasteiger partial charge < -0.3 is 10.5 Å². The summed E-state index contributed by atoms with van der Waals surface area (Å²) in [5.74, 6) is -2.69. The van der Waals surface area contributed by atoms with Gasteiger partial charge in [0, 0.05) is 25.7 Å².